The molecule has 0 atom stereocenters. The molecule has 0 aromatic heterocycles. The topological polar surface area (TPSA) is 54.8 Å². The van der Waals surface area contributed by atoms with Gasteiger partial charge in [-0.1, -0.05) is 6.07 Å². The van der Waals surface area contributed by atoms with Crippen molar-refractivity contribution in [3.8, 4) is 11.5 Å². The lowest BCUT2D eigenvalue weighted by molar-refractivity contribution is 0.0609. The highest BCUT2D eigenvalue weighted by atomic mass is 16.5. The Balaban J connectivity index is 1.96. The zero-order valence-corrected chi connectivity index (χ0v) is 9.81. The number of morpholine rings is 1. The molecule has 0 bridgehead atoms. The van der Waals surface area contributed by atoms with Crippen LogP contribution in [-0.4, -0.2) is 44.3 Å². The number of hydrogen-bond donors (Lipinski definition) is 1. The summed E-state index contributed by atoms with van der Waals surface area (Å²) in [6, 6.07) is 7.39. The molecule has 0 unspecified atom stereocenters. The molecule has 17 heavy (non-hydrogen) atoms. The largest absolute Gasteiger partial charge is 0.497 e. The Bertz CT molecular complexity index is 389. The van der Waals surface area contributed by atoms with E-state index in [0.29, 0.717) is 32.1 Å². The Kier molecular flexibility index (Phi) is 3.82. The summed E-state index contributed by atoms with van der Waals surface area (Å²) >= 11 is 0. The van der Waals surface area contributed by atoms with Crippen molar-refractivity contribution < 1.29 is 14.2 Å². The van der Waals surface area contributed by atoms with Gasteiger partial charge >= 0.3 is 0 Å². The van der Waals surface area contributed by atoms with Crippen LogP contribution in [0.4, 0.5) is 0 Å². The van der Waals surface area contributed by atoms with E-state index in [-0.39, 0.29) is 6.02 Å². The summed E-state index contributed by atoms with van der Waals surface area (Å²) < 4.78 is 15.8. The minimum Gasteiger partial charge on any atom is -0.497 e. The van der Waals surface area contributed by atoms with E-state index in [2.05, 4.69) is 0 Å². The maximum Gasteiger partial charge on any atom is 0.290 e. The summed E-state index contributed by atoms with van der Waals surface area (Å²) in [5, 5.41) is 7.86. The van der Waals surface area contributed by atoms with Gasteiger partial charge < -0.3 is 19.1 Å². The molecule has 1 aromatic rings. The third-order valence-corrected chi connectivity index (χ3v) is 2.55. The highest BCUT2D eigenvalue weighted by Crippen LogP contribution is 2.19. The van der Waals surface area contributed by atoms with Crippen LogP contribution in [0.25, 0.3) is 0 Å². The molecule has 1 aromatic carbocycles. The third-order valence-electron chi connectivity index (χ3n) is 2.55. The first-order valence-corrected chi connectivity index (χ1v) is 5.53. The summed E-state index contributed by atoms with van der Waals surface area (Å²) in [5.41, 5.74) is 0. The lowest BCUT2D eigenvalue weighted by Gasteiger charge is -2.27. The fourth-order valence-corrected chi connectivity index (χ4v) is 1.61. The van der Waals surface area contributed by atoms with Gasteiger partial charge in [-0.15, -0.1) is 0 Å². The number of benzene rings is 1. The maximum atomic E-state index is 7.86. The lowest BCUT2D eigenvalue weighted by atomic mass is 10.3. The average molecular weight is 236 g/mol. The molecular formula is C12H16N2O3. The molecule has 0 radical (unpaired) electrons. The average Bonchev–Trinajstić information content (AvgIpc) is 2.40. The second-order valence-corrected chi connectivity index (χ2v) is 3.69. The standard InChI is InChI=1S/C12H16N2O3/c1-15-10-3-2-4-11(9-10)17-12(13)14-5-7-16-8-6-14/h2-4,9,13H,5-8H2,1H3. The molecule has 1 aliphatic heterocycles. The maximum absolute atomic E-state index is 7.86. The summed E-state index contributed by atoms with van der Waals surface area (Å²) in [5.74, 6) is 1.33. The van der Waals surface area contributed by atoms with E-state index >= 15 is 0 Å². The van der Waals surface area contributed by atoms with Crippen molar-refractivity contribution in [3.63, 3.8) is 0 Å². The van der Waals surface area contributed by atoms with Crippen LogP contribution in [0.15, 0.2) is 24.3 Å². The van der Waals surface area contributed by atoms with Gasteiger partial charge in [0.05, 0.1) is 20.3 Å². The first-order chi connectivity index (χ1) is 8.29. The Morgan fingerprint density at radius 2 is 2.00 bits per heavy atom. The van der Waals surface area contributed by atoms with Gasteiger partial charge in [0.1, 0.15) is 11.5 Å². The van der Waals surface area contributed by atoms with Gasteiger partial charge in [-0.05, 0) is 12.1 Å². The van der Waals surface area contributed by atoms with Crippen LogP contribution in [0.1, 0.15) is 0 Å². The molecule has 92 valence electrons. The van der Waals surface area contributed by atoms with Gasteiger partial charge in [0.25, 0.3) is 6.02 Å². The minimum absolute atomic E-state index is 0.154. The van der Waals surface area contributed by atoms with Crippen molar-refractivity contribution in [1.29, 1.82) is 5.41 Å². The third kappa shape index (κ3) is 3.10. The van der Waals surface area contributed by atoms with Gasteiger partial charge in [-0.3, -0.25) is 5.41 Å². The zero-order valence-electron chi connectivity index (χ0n) is 9.81. The lowest BCUT2D eigenvalue weighted by Crippen LogP contribution is -2.42. The molecule has 1 heterocycles. The molecule has 1 saturated heterocycles. The Morgan fingerprint density at radius 3 is 2.71 bits per heavy atom. The number of amidine groups is 1. The Labute approximate surface area is 100 Å². The molecule has 5 nitrogen and oxygen atoms in total. The van der Waals surface area contributed by atoms with Gasteiger partial charge in [0, 0.05) is 19.2 Å². The van der Waals surface area contributed by atoms with Gasteiger partial charge in [-0.25, -0.2) is 0 Å². The van der Waals surface area contributed by atoms with Crippen LogP contribution in [0.5, 0.6) is 11.5 Å². The summed E-state index contributed by atoms with van der Waals surface area (Å²) in [6.45, 7) is 2.68. The van der Waals surface area contributed by atoms with Crippen molar-refractivity contribution in [1.82, 2.24) is 4.90 Å². The number of rotatable bonds is 2. The Morgan fingerprint density at radius 1 is 1.29 bits per heavy atom. The van der Waals surface area contributed by atoms with E-state index in [9.17, 15) is 0 Å². The molecule has 0 amide bonds. The molecular weight excluding hydrogens is 220 g/mol. The van der Waals surface area contributed by atoms with Crippen molar-refractivity contribution in [2.45, 2.75) is 0 Å². The number of ether oxygens (including phenoxy) is 3. The summed E-state index contributed by atoms with van der Waals surface area (Å²) in [6.07, 6.45) is 0. The first kappa shape index (κ1) is 11.7. The Hall–Kier alpha value is -1.75. The van der Waals surface area contributed by atoms with Crippen LogP contribution in [0.3, 0.4) is 0 Å². The highest BCUT2D eigenvalue weighted by molar-refractivity contribution is 5.73. The molecule has 5 heteroatoms. The summed E-state index contributed by atoms with van der Waals surface area (Å²) in [4.78, 5) is 1.85. The van der Waals surface area contributed by atoms with Crippen molar-refractivity contribution in [2.24, 2.45) is 0 Å². The normalized spacial score (nSPS) is 15.5. The number of methoxy groups -OCH3 is 1. The fraction of sp³-hybridized carbons (Fsp3) is 0.417. The van der Waals surface area contributed by atoms with E-state index in [1.165, 1.54) is 0 Å². The molecule has 2 rings (SSSR count). The van der Waals surface area contributed by atoms with E-state index < -0.39 is 0 Å². The predicted molar refractivity (Wildman–Crippen MR) is 63.7 cm³/mol. The minimum atomic E-state index is 0.154. The second-order valence-electron chi connectivity index (χ2n) is 3.69. The van der Waals surface area contributed by atoms with Crippen molar-refractivity contribution in [3.05, 3.63) is 24.3 Å². The highest BCUT2D eigenvalue weighted by Gasteiger charge is 2.15. The van der Waals surface area contributed by atoms with E-state index in [4.69, 9.17) is 19.6 Å². The fourth-order valence-electron chi connectivity index (χ4n) is 1.61. The molecule has 1 N–H and O–H groups in total. The van der Waals surface area contributed by atoms with Gasteiger partial charge in [0.15, 0.2) is 0 Å². The molecule has 0 saturated carbocycles. The zero-order chi connectivity index (χ0) is 12.1. The van der Waals surface area contributed by atoms with Crippen molar-refractivity contribution in [2.75, 3.05) is 33.4 Å². The van der Waals surface area contributed by atoms with Crippen LogP contribution in [0.2, 0.25) is 0 Å². The van der Waals surface area contributed by atoms with Gasteiger partial charge in [0.2, 0.25) is 0 Å². The van der Waals surface area contributed by atoms with E-state index in [1.807, 2.05) is 17.0 Å². The number of nitrogens with one attached hydrogen (secondary N) is 1. The summed E-state index contributed by atoms with van der Waals surface area (Å²) in [7, 11) is 1.60. The smallest absolute Gasteiger partial charge is 0.290 e. The second kappa shape index (κ2) is 5.54. The predicted octanol–water partition coefficient (Wildman–Crippen LogP) is 1.34. The van der Waals surface area contributed by atoms with Crippen LogP contribution < -0.4 is 9.47 Å². The van der Waals surface area contributed by atoms with E-state index in [0.717, 1.165) is 5.75 Å². The van der Waals surface area contributed by atoms with Crippen LogP contribution in [-0.2, 0) is 4.74 Å². The van der Waals surface area contributed by atoms with Gasteiger partial charge in [-0.2, -0.15) is 0 Å². The molecule has 0 aliphatic carbocycles. The molecule has 1 aliphatic rings. The number of hydrogen-bond acceptors (Lipinski definition) is 4. The molecule has 0 spiro atoms. The van der Waals surface area contributed by atoms with E-state index in [1.54, 1.807) is 19.2 Å². The SMILES string of the molecule is COc1cccc(OC(=N)N2CCOCC2)c1. The van der Waals surface area contributed by atoms with Crippen LogP contribution >= 0.6 is 0 Å². The first-order valence-electron chi connectivity index (χ1n) is 5.53. The monoisotopic (exact) mass is 236 g/mol. The number of nitrogens with zero attached hydrogens (tertiary/aromatic N) is 1. The van der Waals surface area contributed by atoms with Crippen LogP contribution in [0, 0.1) is 5.41 Å². The molecule has 1 fully saturated rings. The quantitative estimate of drug-likeness (QED) is 0.622. The van der Waals surface area contributed by atoms with Crippen molar-refractivity contribution >= 4 is 6.02 Å².